The van der Waals surface area contributed by atoms with Crippen LogP contribution >= 0.6 is 0 Å². The normalized spacial score (nSPS) is 18.5. The van der Waals surface area contributed by atoms with Crippen LogP contribution in [0.4, 0.5) is 5.82 Å². The molecule has 0 unspecified atom stereocenters. The molecule has 0 aliphatic heterocycles. The summed E-state index contributed by atoms with van der Waals surface area (Å²) in [7, 11) is 0. The number of carbonyl (C=O) groups is 1. The Kier molecular flexibility index (Phi) is 4.54. The van der Waals surface area contributed by atoms with E-state index in [-0.39, 0.29) is 17.5 Å². The van der Waals surface area contributed by atoms with Crippen molar-refractivity contribution in [3.05, 3.63) is 11.8 Å². The number of nitrogens with one attached hydrogen (secondary N) is 1. The average molecular weight is 306 g/mol. The summed E-state index contributed by atoms with van der Waals surface area (Å²) in [6, 6.07) is 2.03. The zero-order valence-electron chi connectivity index (χ0n) is 14.6. The Labute approximate surface area is 133 Å². The molecule has 5 nitrogen and oxygen atoms in total. The second-order valence-corrected chi connectivity index (χ2v) is 7.81. The number of nitrogens with two attached hydrogens (primary N) is 1. The summed E-state index contributed by atoms with van der Waals surface area (Å²) in [6.07, 6.45) is 5.02. The lowest BCUT2D eigenvalue weighted by atomic mass is 9.71. The van der Waals surface area contributed by atoms with E-state index in [1.165, 1.54) is 6.42 Å². The van der Waals surface area contributed by atoms with Gasteiger partial charge in [0, 0.05) is 12.1 Å². The number of carbonyl (C=O) groups excluding carboxylic acids is 1. The number of nitrogens with zero attached hydrogens (tertiary/aromatic N) is 2. The van der Waals surface area contributed by atoms with Gasteiger partial charge in [-0.25, -0.2) is 4.68 Å². The van der Waals surface area contributed by atoms with Crippen LogP contribution < -0.4 is 11.1 Å². The molecule has 3 N–H and O–H groups in total. The molecule has 1 fully saturated rings. The third-order valence-corrected chi connectivity index (χ3v) is 4.42. The van der Waals surface area contributed by atoms with Gasteiger partial charge in [-0.3, -0.25) is 4.79 Å². The molecule has 0 saturated heterocycles. The fraction of sp³-hybridized carbons (Fsp3) is 0.765. The van der Waals surface area contributed by atoms with Crippen LogP contribution in [0.5, 0.6) is 0 Å². The highest BCUT2D eigenvalue weighted by Gasteiger charge is 2.44. The van der Waals surface area contributed by atoms with Crippen molar-refractivity contribution in [3.8, 4) is 0 Å². The molecular weight excluding hydrogens is 276 g/mol. The Morgan fingerprint density at radius 2 is 1.91 bits per heavy atom. The summed E-state index contributed by atoms with van der Waals surface area (Å²) < 4.78 is 1.83. The molecule has 0 radical (unpaired) electrons. The topological polar surface area (TPSA) is 72.9 Å². The molecule has 0 atom stereocenters. The van der Waals surface area contributed by atoms with Gasteiger partial charge < -0.3 is 11.1 Å². The van der Waals surface area contributed by atoms with Crippen LogP contribution in [0, 0.1) is 0 Å². The molecule has 5 heteroatoms. The number of rotatable bonds is 3. The highest BCUT2D eigenvalue weighted by molar-refractivity contribution is 5.88. The van der Waals surface area contributed by atoms with E-state index in [0.29, 0.717) is 5.82 Å². The first-order valence-corrected chi connectivity index (χ1v) is 8.34. The molecule has 0 bridgehead atoms. The fourth-order valence-corrected chi connectivity index (χ4v) is 3.32. The molecule has 0 aromatic carbocycles. The van der Waals surface area contributed by atoms with Gasteiger partial charge in [0.2, 0.25) is 5.91 Å². The van der Waals surface area contributed by atoms with Crippen LogP contribution in [0.2, 0.25) is 0 Å². The van der Waals surface area contributed by atoms with Crippen molar-refractivity contribution in [1.29, 1.82) is 0 Å². The maximum Gasteiger partial charge on any atom is 0.232 e. The van der Waals surface area contributed by atoms with E-state index >= 15 is 0 Å². The van der Waals surface area contributed by atoms with Gasteiger partial charge in [-0.1, -0.05) is 19.3 Å². The number of hydrogen-bond donors (Lipinski definition) is 2. The average Bonchev–Trinajstić information content (AvgIpc) is 2.81. The van der Waals surface area contributed by atoms with E-state index in [9.17, 15) is 4.79 Å². The molecule has 0 spiro atoms. The highest BCUT2D eigenvalue weighted by atomic mass is 16.2. The molecule has 1 heterocycles. The number of aromatic nitrogens is 2. The van der Waals surface area contributed by atoms with E-state index in [0.717, 1.165) is 31.4 Å². The van der Waals surface area contributed by atoms with E-state index in [1.54, 1.807) is 0 Å². The summed E-state index contributed by atoms with van der Waals surface area (Å²) in [5.41, 5.74) is 6.29. The maximum absolute atomic E-state index is 12.9. The van der Waals surface area contributed by atoms with Crippen molar-refractivity contribution < 1.29 is 4.79 Å². The van der Waals surface area contributed by atoms with Gasteiger partial charge in [0.1, 0.15) is 5.82 Å². The van der Waals surface area contributed by atoms with Crippen LogP contribution in [0.1, 0.15) is 72.4 Å². The predicted octanol–water partition coefficient (Wildman–Crippen LogP) is 2.95. The smallest absolute Gasteiger partial charge is 0.232 e. The number of amides is 1. The lowest BCUT2D eigenvalue weighted by molar-refractivity contribution is -0.128. The minimum absolute atomic E-state index is 0.0979. The standard InChI is InChI=1S/C17H30N4O/c1-12(2)19-15(22)17(9-7-6-8-10-17)13-11-14(18)21(20-13)16(3,4)5/h11-12H,6-10,18H2,1-5H3,(H,19,22). The van der Waals surface area contributed by atoms with E-state index in [4.69, 9.17) is 10.8 Å². The van der Waals surface area contributed by atoms with Crippen molar-refractivity contribution >= 4 is 11.7 Å². The minimum Gasteiger partial charge on any atom is -0.384 e. The molecular formula is C17H30N4O. The van der Waals surface area contributed by atoms with Crippen molar-refractivity contribution in [3.63, 3.8) is 0 Å². The zero-order chi connectivity index (χ0) is 16.5. The van der Waals surface area contributed by atoms with Gasteiger partial charge in [0.25, 0.3) is 0 Å². The Balaban J connectivity index is 2.44. The van der Waals surface area contributed by atoms with Gasteiger partial charge in [-0.05, 0) is 47.5 Å². The molecule has 1 saturated carbocycles. The van der Waals surface area contributed by atoms with Crippen LogP contribution in [-0.2, 0) is 15.7 Å². The third kappa shape index (κ3) is 3.13. The predicted molar refractivity (Wildman–Crippen MR) is 89.7 cm³/mol. The quantitative estimate of drug-likeness (QED) is 0.901. The Bertz CT molecular complexity index is 533. The van der Waals surface area contributed by atoms with Crippen LogP contribution in [0.3, 0.4) is 0 Å². The molecule has 1 aromatic rings. The van der Waals surface area contributed by atoms with Crippen molar-refractivity contribution in [2.24, 2.45) is 0 Å². The summed E-state index contributed by atoms with van der Waals surface area (Å²) in [4.78, 5) is 12.9. The van der Waals surface area contributed by atoms with Crippen molar-refractivity contribution in [2.45, 2.75) is 83.7 Å². The number of nitrogen functional groups attached to an aromatic ring is 1. The third-order valence-electron chi connectivity index (χ3n) is 4.42. The summed E-state index contributed by atoms with van der Waals surface area (Å²) in [5.74, 6) is 0.727. The Hall–Kier alpha value is -1.52. The van der Waals surface area contributed by atoms with Gasteiger partial charge in [-0.15, -0.1) is 0 Å². The summed E-state index contributed by atoms with van der Waals surface area (Å²) in [5, 5.41) is 7.83. The summed E-state index contributed by atoms with van der Waals surface area (Å²) >= 11 is 0. The molecule has 1 aliphatic carbocycles. The SMILES string of the molecule is CC(C)NC(=O)C1(c2cc(N)n(C(C)(C)C)n2)CCCCC1. The minimum atomic E-state index is -0.521. The fourth-order valence-electron chi connectivity index (χ4n) is 3.32. The van der Waals surface area contributed by atoms with Crippen molar-refractivity contribution in [1.82, 2.24) is 15.1 Å². The molecule has 2 rings (SSSR count). The first-order chi connectivity index (χ1) is 10.2. The molecule has 1 amide bonds. The lowest BCUT2D eigenvalue weighted by Crippen LogP contribution is -2.48. The highest BCUT2D eigenvalue weighted by Crippen LogP contribution is 2.40. The largest absolute Gasteiger partial charge is 0.384 e. The molecule has 22 heavy (non-hydrogen) atoms. The first kappa shape index (κ1) is 16.8. The second-order valence-electron chi connectivity index (χ2n) is 7.81. The second kappa shape index (κ2) is 5.94. The Morgan fingerprint density at radius 1 is 1.32 bits per heavy atom. The van der Waals surface area contributed by atoms with E-state index in [2.05, 4.69) is 26.1 Å². The number of hydrogen-bond acceptors (Lipinski definition) is 3. The van der Waals surface area contributed by atoms with Gasteiger partial charge in [0.15, 0.2) is 0 Å². The van der Waals surface area contributed by atoms with E-state index < -0.39 is 5.41 Å². The lowest BCUT2D eigenvalue weighted by Gasteiger charge is -2.35. The maximum atomic E-state index is 12.9. The van der Waals surface area contributed by atoms with Gasteiger partial charge in [0.05, 0.1) is 16.6 Å². The van der Waals surface area contributed by atoms with Crippen LogP contribution in [-0.4, -0.2) is 21.7 Å². The summed E-state index contributed by atoms with van der Waals surface area (Å²) in [6.45, 7) is 10.2. The van der Waals surface area contributed by atoms with E-state index in [1.807, 2.05) is 24.6 Å². The molecule has 1 aliphatic rings. The first-order valence-electron chi connectivity index (χ1n) is 8.34. The van der Waals surface area contributed by atoms with Gasteiger partial charge in [-0.2, -0.15) is 5.10 Å². The van der Waals surface area contributed by atoms with Crippen molar-refractivity contribution in [2.75, 3.05) is 5.73 Å². The van der Waals surface area contributed by atoms with Crippen LogP contribution in [0.25, 0.3) is 0 Å². The zero-order valence-corrected chi connectivity index (χ0v) is 14.6. The molecule has 124 valence electrons. The van der Waals surface area contributed by atoms with Gasteiger partial charge >= 0.3 is 0 Å². The molecule has 1 aromatic heterocycles. The number of anilines is 1. The monoisotopic (exact) mass is 306 g/mol. The van der Waals surface area contributed by atoms with Crippen LogP contribution in [0.15, 0.2) is 6.07 Å². The Morgan fingerprint density at radius 3 is 2.36 bits per heavy atom.